The molecule has 0 fully saturated rings. The minimum atomic E-state index is -0.216. The highest BCUT2D eigenvalue weighted by Crippen LogP contribution is 2.27. The number of fused-ring (bicyclic) bond motifs is 1. The molecule has 4 aromatic rings. The van der Waals surface area contributed by atoms with Crippen LogP contribution in [0, 0.1) is 0 Å². The van der Waals surface area contributed by atoms with Gasteiger partial charge in [-0.1, -0.05) is 54.3 Å². The molecule has 0 radical (unpaired) electrons. The molecule has 0 amide bonds. The lowest BCUT2D eigenvalue weighted by Gasteiger charge is -2.05. The normalized spacial score (nSPS) is 11.7. The van der Waals surface area contributed by atoms with Crippen molar-refractivity contribution < 1.29 is 9.47 Å². The number of nitrogens with zero attached hydrogens (tertiary/aromatic N) is 3. The van der Waals surface area contributed by atoms with Gasteiger partial charge in [-0.25, -0.2) is 0 Å². The van der Waals surface area contributed by atoms with Crippen molar-refractivity contribution in [3.05, 3.63) is 81.6 Å². The summed E-state index contributed by atoms with van der Waals surface area (Å²) in [6, 6.07) is 15.0. The summed E-state index contributed by atoms with van der Waals surface area (Å²) in [6.07, 6.45) is 3.48. The van der Waals surface area contributed by atoms with Crippen LogP contribution in [0.2, 0.25) is 0 Å². The Labute approximate surface area is 165 Å². The lowest BCUT2D eigenvalue weighted by atomic mass is 10.2. The quantitative estimate of drug-likeness (QED) is 0.473. The number of ether oxygens (including phenoxy) is 2. The molecule has 2 heterocycles. The molecule has 0 aliphatic rings. The molecule has 2 aromatic heterocycles. The van der Waals surface area contributed by atoms with E-state index >= 15 is 0 Å². The molecule has 7 heteroatoms. The van der Waals surface area contributed by atoms with E-state index in [2.05, 4.69) is 16.7 Å². The van der Waals surface area contributed by atoms with Gasteiger partial charge in [0.15, 0.2) is 5.82 Å². The number of rotatable bonds is 6. The maximum Gasteiger partial charge on any atom is 0.291 e. The Hall–Kier alpha value is -3.45. The predicted octanol–water partition coefficient (Wildman–Crippen LogP) is 2.94. The van der Waals surface area contributed by atoms with E-state index in [9.17, 15) is 4.79 Å². The third-order valence-electron chi connectivity index (χ3n) is 4.09. The van der Waals surface area contributed by atoms with Gasteiger partial charge in [0.2, 0.25) is 4.96 Å². The zero-order valence-corrected chi connectivity index (χ0v) is 16.0. The third-order valence-corrected chi connectivity index (χ3v) is 5.05. The molecular formula is C21H17N3O3S. The molecule has 0 saturated carbocycles. The van der Waals surface area contributed by atoms with Gasteiger partial charge in [0.05, 0.1) is 17.2 Å². The highest BCUT2D eigenvalue weighted by Gasteiger charge is 2.15. The zero-order valence-electron chi connectivity index (χ0n) is 15.2. The van der Waals surface area contributed by atoms with E-state index in [-0.39, 0.29) is 5.56 Å². The van der Waals surface area contributed by atoms with Crippen LogP contribution >= 0.6 is 11.3 Å². The Morgan fingerprint density at radius 2 is 1.89 bits per heavy atom. The van der Waals surface area contributed by atoms with Crippen molar-refractivity contribution >= 4 is 22.4 Å². The molecule has 4 rings (SSSR count). The average molecular weight is 391 g/mol. The van der Waals surface area contributed by atoms with E-state index in [1.807, 2.05) is 48.5 Å². The molecule has 0 unspecified atom stereocenters. The molecule has 28 heavy (non-hydrogen) atoms. The van der Waals surface area contributed by atoms with Crippen molar-refractivity contribution in [2.24, 2.45) is 0 Å². The van der Waals surface area contributed by atoms with Gasteiger partial charge in [-0.2, -0.15) is 9.50 Å². The molecular weight excluding hydrogens is 374 g/mol. The first kappa shape index (κ1) is 17.9. The van der Waals surface area contributed by atoms with Gasteiger partial charge in [0, 0.05) is 5.56 Å². The van der Waals surface area contributed by atoms with Crippen LogP contribution in [0.4, 0.5) is 0 Å². The van der Waals surface area contributed by atoms with Crippen LogP contribution in [0.1, 0.15) is 5.56 Å². The summed E-state index contributed by atoms with van der Waals surface area (Å²) in [5, 5.41) is 4.38. The van der Waals surface area contributed by atoms with E-state index in [4.69, 9.17) is 9.47 Å². The van der Waals surface area contributed by atoms with Crippen LogP contribution in [0.3, 0.4) is 0 Å². The van der Waals surface area contributed by atoms with Crippen molar-refractivity contribution in [1.29, 1.82) is 0 Å². The van der Waals surface area contributed by atoms with Crippen LogP contribution in [0.5, 0.6) is 11.5 Å². The van der Waals surface area contributed by atoms with E-state index < -0.39 is 0 Å². The number of para-hydroxylation sites is 2. The molecule has 0 aliphatic heterocycles. The molecule has 0 saturated heterocycles. The minimum Gasteiger partial charge on any atom is -0.496 e. The van der Waals surface area contributed by atoms with E-state index in [0.29, 0.717) is 33.4 Å². The predicted molar refractivity (Wildman–Crippen MR) is 110 cm³/mol. The molecule has 0 aliphatic carbocycles. The molecule has 140 valence electrons. The molecule has 2 aromatic carbocycles. The average Bonchev–Trinajstić information content (AvgIpc) is 3.27. The number of aromatic nitrogens is 3. The van der Waals surface area contributed by atoms with Gasteiger partial charge >= 0.3 is 0 Å². The van der Waals surface area contributed by atoms with Crippen molar-refractivity contribution in [1.82, 2.24) is 14.6 Å². The molecule has 0 spiro atoms. The Balaban J connectivity index is 1.79. The van der Waals surface area contributed by atoms with Crippen LogP contribution < -0.4 is 19.6 Å². The fourth-order valence-electron chi connectivity index (χ4n) is 2.80. The Morgan fingerprint density at radius 1 is 1.14 bits per heavy atom. The summed E-state index contributed by atoms with van der Waals surface area (Å²) in [7, 11) is 1.59. The van der Waals surface area contributed by atoms with Crippen molar-refractivity contribution in [2.75, 3.05) is 13.7 Å². The fraction of sp³-hybridized carbons (Fsp3) is 0.0952. The number of methoxy groups -OCH3 is 1. The second kappa shape index (κ2) is 7.66. The summed E-state index contributed by atoms with van der Waals surface area (Å²) in [5.74, 6) is 1.81. The Morgan fingerprint density at radius 3 is 2.64 bits per heavy atom. The lowest BCUT2D eigenvalue weighted by Crippen LogP contribution is -2.23. The van der Waals surface area contributed by atoms with Gasteiger partial charge < -0.3 is 9.47 Å². The summed E-state index contributed by atoms with van der Waals surface area (Å²) in [4.78, 5) is 17.9. The summed E-state index contributed by atoms with van der Waals surface area (Å²) >= 11 is 1.28. The SMILES string of the molecule is C=CCOc1ccccc1/C=c1\sc2nc(-c3ccccc3OC)nn2c1=O. The molecule has 0 N–H and O–H groups in total. The molecule has 0 atom stereocenters. The third kappa shape index (κ3) is 3.27. The number of hydrogen-bond donors (Lipinski definition) is 0. The fourth-order valence-corrected chi connectivity index (χ4v) is 3.70. The Bertz CT molecular complexity index is 1260. The first-order valence-corrected chi connectivity index (χ1v) is 9.40. The van der Waals surface area contributed by atoms with Crippen LogP contribution in [-0.4, -0.2) is 28.3 Å². The van der Waals surface area contributed by atoms with E-state index in [1.165, 1.54) is 15.9 Å². The second-order valence-corrected chi connectivity index (χ2v) is 6.89. The highest BCUT2D eigenvalue weighted by molar-refractivity contribution is 7.15. The second-order valence-electron chi connectivity index (χ2n) is 5.88. The maximum absolute atomic E-state index is 12.8. The topological polar surface area (TPSA) is 65.7 Å². The molecule has 6 nitrogen and oxygen atoms in total. The van der Waals surface area contributed by atoms with Crippen LogP contribution in [0.25, 0.3) is 22.4 Å². The summed E-state index contributed by atoms with van der Waals surface area (Å²) in [6.45, 7) is 4.05. The van der Waals surface area contributed by atoms with Gasteiger partial charge in [0.1, 0.15) is 18.1 Å². The largest absolute Gasteiger partial charge is 0.496 e. The number of benzene rings is 2. The van der Waals surface area contributed by atoms with Crippen molar-refractivity contribution in [2.45, 2.75) is 0 Å². The highest BCUT2D eigenvalue weighted by atomic mass is 32.1. The number of hydrogen-bond acceptors (Lipinski definition) is 6. The van der Waals surface area contributed by atoms with E-state index in [0.717, 1.165) is 11.1 Å². The van der Waals surface area contributed by atoms with Crippen molar-refractivity contribution in [3.63, 3.8) is 0 Å². The maximum atomic E-state index is 12.8. The van der Waals surface area contributed by atoms with Gasteiger partial charge in [-0.3, -0.25) is 4.79 Å². The van der Waals surface area contributed by atoms with Crippen molar-refractivity contribution in [3.8, 4) is 22.9 Å². The smallest absolute Gasteiger partial charge is 0.291 e. The van der Waals surface area contributed by atoms with Gasteiger partial charge in [0.25, 0.3) is 5.56 Å². The van der Waals surface area contributed by atoms with E-state index in [1.54, 1.807) is 19.3 Å². The van der Waals surface area contributed by atoms with Gasteiger partial charge in [-0.05, 0) is 24.3 Å². The first-order valence-electron chi connectivity index (χ1n) is 8.58. The van der Waals surface area contributed by atoms with Crippen LogP contribution in [0.15, 0.2) is 66.0 Å². The lowest BCUT2D eigenvalue weighted by molar-refractivity contribution is 0.362. The standard InChI is InChI=1S/C21H17N3O3S/c1-3-12-27-16-10-6-4-8-14(16)13-18-20(25)24-21(28-18)22-19(23-24)15-9-5-7-11-17(15)26-2/h3-11,13H,1,12H2,2H3/b18-13-. The van der Waals surface area contributed by atoms with Gasteiger partial charge in [-0.15, -0.1) is 5.10 Å². The summed E-state index contributed by atoms with van der Waals surface area (Å²) < 4.78 is 12.9. The number of thiazole rings is 1. The monoisotopic (exact) mass is 391 g/mol. The van der Waals surface area contributed by atoms with Crippen LogP contribution in [-0.2, 0) is 0 Å². The Kier molecular flexibility index (Phi) is 4.90. The first-order chi connectivity index (χ1) is 13.7. The minimum absolute atomic E-state index is 0.216. The summed E-state index contributed by atoms with van der Waals surface area (Å²) in [5.41, 5.74) is 1.34. The zero-order chi connectivity index (χ0) is 19.5. The molecule has 0 bridgehead atoms.